The van der Waals surface area contributed by atoms with E-state index in [2.05, 4.69) is 15.0 Å². The predicted molar refractivity (Wildman–Crippen MR) is 80.9 cm³/mol. The summed E-state index contributed by atoms with van der Waals surface area (Å²) in [6.45, 7) is 1.47. The Morgan fingerprint density at radius 3 is 2.71 bits per heavy atom. The number of ether oxygens (including phenoxy) is 2. The van der Waals surface area contributed by atoms with Crippen molar-refractivity contribution < 1.29 is 19.1 Å². The molecule has 1 amide bonds. The molecule has 0 aliphatic heterocycles. The van der Waals surface area contributed by atoms with Crippen molar-refractivity contribution in [2.75, 3.05) is 18.5 Å². The predicted octanol–water partition coefficient (Wildman–Crippen LogP) is 2.62. The molecule has 1 rings (SSSR count). The largest absolute Gasteiger partial charge is 0.465 e. The molecule has 0 saturated carbocycles. The Labute approximate surface area is 139 Å². The minimum Gasteiger partial charge on any atom is -0.465 e. The van der Waals surface area contributed by atoms with Gasteiger partial charge in [0.1, 0.15) is 12.6 Å². The summed E-state index contributed by atoms with van der Waals surface area (Å²) >= 11 is 17.4. The van der Waals surface area contributed by atoms with Gasteiger partial charge >= 0.3 is 12.1 Å². The summed E-state index contributed by atoms with van der Waals surface area (Å²) in [5.74, 6) is -0.604. The number of alkyl halides is 3. The zero-order valence-corrected chi connectivity index (χ0v) is 13.9. The third kappa shape index (κ3) is 6.66. The summed E-state index contributed by atoms with van der Waals surface area (Å²) in [5, 5.41) is 4.04. The summed E-state index contributed by atoms with van der Waals surface area (Å²) in [4.78, 5) is 26.8. The van der Waals surface area contributed by atoms with Gasteiger partial charge < -0.3 is 15.2 Å². The SMILES string of the molecule is CCOC(=O)C(N)c1csc(NC(=O)OCC(Cl)(Cl)Cl)n1. The van der Waals surface area contributed by atoms with Gasteiger partial charge in [-0.15, -0.1) is 11.3 Å². The Hall–Kier alpha value is -0.800. The number of rotatable bonds is 5. The third-order valence-corrected chi connectivity index (χ3v) is 3.06. The first-order valence-corrected chi connectivity index (χ1v) is 7.62. The molecule has 0 bridgehead atoms. The summed E-state index contributed by atoms with van der Waals surface area (Å²) in [6, 6.07) is -1.02. The molecule has 0 aromatic carbocycles. The van der Waals surface area contributed by atoms with Crippen molar-refractivity contribution in [2.24, 2.45) is 5.73 Å². The lowest BCUT2D eigenvalue weighted by molar-refractivity contribution is -0.144. The zero-order chi connectivity index (χ0) is 16.0. The number of carbonyl (C=O) groups is 2. The van der Waals surface area contributed by atoms with Crippen LogP contribution in [0.15, 0.2) is 5.38 Å². The summed E-state index contributed by atoms with van der Waals surface area (Å²) < 4.78 is 7.74. The maximum absolute atomic E-state index is 11.4. The highest BCUT2D eigenvalue weighted by Gasteiger charge is 2.23. The highest BCUT2D eigenvalue weighted by molar-refractivity contribution is 7.13. The number of nitrogens with two attached hydrogens (primary N) is 1. The number of esters is 1. The van der Waals surface area contributed by atoms with Crippen LogP contribution in [0.4, 0.5) is 9.93 Å². The lowest BCUT2D eigenvalue weighted by Gasteiger charge is -2.11. The number of nitrogens with zero attached hydrogens (tertiary/aromatic N) is 1. The lowest BCUT2D eigenvalue weighted by atomic mass is 10.2. The highest BCUT2D eigenvalue weighted by atomic mass is 35.6. The topological polar surface area (TPSA) is 104 Å². The fraction of sp³-hybridized carbons (Fsp3) is 0.500. The number of aromatic nitrogens is 1. The summed E-state index contributed by atoms with van der Waals surface area (Å²) in [5.41, 5.74) is 5.93. The molecule has 1 aromatic rings. The van der Waals surface area contributed by atoms with E-state index < -0.39 is 28.5 Å². The maximum Gasteiger partial charge on any atom is 0.413 e. The lowest BCUT2D eigenvalue weighted by Crippen LogP contribution is -2.24. The smallest absolute Gasteiger partial charge is 0.413 e. The molecular weight excluding hydrogens is 365 g/mol. The number of thiazole rings is 1. The van der Waals surface area contributed by atoms with E-state index in [4.69, 9.17) is 45.3 Å². The second-order valence-electron chi connectivity index (χ2n) is 3.62. The van der Waals surface area contributed by atoms with Gasteiger partial charge in [-0.3, -0.25) is 5.32 Å². The number of carbonyl (C=O) groups excluding carboxylic acids is 2. The normalized spacial score (nSPS) is 12.6. The van der Waals surface area contributed by atoms with Crippen LogP contribution in [0.1, 0.15) is 18.7 Å². The van der Waals surface area contributed by atoms with Gasteiger partial charge in [0.15, 0.2) is 5.13 Å². The van der Waals surface area contributed by atoms with E-state index >= 15 is 0 Å². The molecule has 1 heterocycles. The molecular formula is C10H12Cl3N3O4S. The molecule has 0 aliphatic carbocycles. The third-order valence-electron chi connectivity index (χ3n) is 1.96. The number of amides is 1. The van der Waals surface area contributed by atoms with Crippen molar-refractivity contribution in [2.45, 2.75) is 16.8 Å². The first-order valence-electron chi connectivity index (χ1n) is 5.61. The van der Waals surface area contributed by atoms with Gasteiger partial charge in [-0.25, -0.2) is 14.6 Å². The molecule has 3 N–H and O–H groups in total. The van der Waals surface area contributed by atoms with Crippen LogP contribution in [-0.4, -0.2) is 34.1 Å². The molecule has 1 atom stereocenters. The molecule has 0 radical (unpaired) electrons. The molecule has 0 fully saturated rings. The second kappa shape index (κ2) is 8.00. The molecule has 11 heteroatoms. The van der Waals surface area contributed by atoms with E-state index in [1.54, 1.807) is 6.92 Å². The monoisotopic (exact) mass is 375 g/mol. The number of nitrogens with one attached hydrogen (secondary N) is 1. The molecule has 0 aliphatic rings. The van der Waals surface area contributed by atoms with Crippen LogP contribution in [0.2, 0.25) is 0 Å². The minimum absolute atomic E-state index is 0.194. The molecule has 0 spiro atoms. The van der Waals surface area contributed by atoms with Crippen LogP contribution in [0, 0.1) is 0 Å². The fourth-order valence-electron chi connectivity index (χ4n) is 1.11. The number of hydrogen-bond donors (Lipinski definition) is 2. The van der Waals surface area contributed by atoms with E-state index in [-0.39, 0.29) is 17.4 Å². The van der Waals surface area contributed by atoms with E-state index in [9.17, 15) is 9.59 Å². The maximum atomic E-state index is 11.4. The zero-order valence-electron chi connectivity index (χ0n) is 10.8. The first-order chi connectivity index (χ1) is 9.73. The van der Waals surface area contributed by atoms with Crippen LogP contribution < -0.4 is 11.1 Å². The number of halogens is 3. The Bertz CT molecular complexity index is 506. The van der Waals surface area contributed by atoms with E-state index in [1.807, 2.05) is 0 Å². The number of hydrogen-bond acceptors (Lipinski definition) is 7. The molecule has 118 valence electrons. The second-order valence-corrected chi connectivity index (χ2v) is 7.00. The Morgan fingerprint density at radius 1 is 1.48 bits per heavy atom. The van der Waals surface area contributed by atoms with Crippen molar-refractivity contribution in [1.29, 1.82) is 0 Å². The van der Waals surface area contributed by atoms with Gasteiger partial charge in [-0.2, -0.15) is 0 Å². The minimum atomic E-state index is -1.70. The van der Waals surface area contributed by atoms with Crippen LogP contribution >= 0.6 is 46.1 Å². The average Bonchev–Trinajstić information content (AvgIpc) is 2.83. The summed E-state index contributed by atoms with van der Waals surface area (Å²) in [6.07, 6.45) is -0.841. The highest BCUT2D eigenvalue weighted by Crippen LogP contribution is 2.26. The van der Waals surface area contributed by atoms with E-state index in [0.717, 1.165) is 11.3 Å². The van der Waals surface area contributed by atoms with Gasteiger partial charge in [0, 0.05) is 5.38 Å². The van der Waals surface area contributed by atoms with Crippen molar-refractivity contribution in [3.05, 3.63) is 11.1 Å². The van der Waals surface area contributed by atoms with Crippen LogP contribution in [0.5, 0.6) is 0 Å². The first kappa shape index (κ1) is 18.2. The van der Waals surface area contributed by atoms with Gasteiger partial charge in [0.2, 0.25) is 3.79 Å². The van der Waals surface area contributed by atoms with Crippen molar-refractivity contribution in [1.82, 2.24) is 4.98 Å². The standard InChI is InChI=1S/C10H12Cl3N3O4S/c1-2-19-7(17)6(14)5-3-21-8(15-5)16-9(18)20-4-10(11,12)13/h3,6H,2,4,14H2,1H3,(H,15,16,18). The van der Waals surface area contributed by atoms with E-state index in [0.29, 0.717) is 0 Å². The van der Waals surface area contributed by atoms with Crippen molar-refractivity contribution in [3.63, 3.8) is 0 Å². The molecule has 1 aromatic heterocycles. The van der Waals surface area contributed by atoms with Crippen LogP contribution in [0.3, 0.4) is 0 Å². The van der Waals surface area contributed by atoms with Crippen LogP contribution in [-0.2, 0) is 14.3 Å². The Morgan fingerprint density at radius 2 is 2.14 bits per heavy atom. The quantitative estimate of drug-likeness (QED) is 0.605. The van der Waals surface area contributed by atoms with Gasteiger partial charge in [0.05, 0.1) is 12.3 Å². The number of anilines is 1. The van der Waals surface area contributed by atoms with Gasteiger partial charge in [-0.05, 0) is 6.92 Å². The molecule has 0 saturated heterocycles. The average molecular weight is 377 g/mol. The van der Waals surface area contributed by atoms with Crippen LogP contribution in [0.25, 0.3) is 0 Å². The molecule has 7 nitrogen and oxygen atoms in total. The van der Waals surface area contributed by atoms with Gasteiger partial charge in [0.25, 0.3) is 0 Å². The van der Waals surface area contributed by atoms with Crippen molar-refractivity contribution >= 4 is 63.3 Å². The Balaban J connectivity index is 2.55. The summed E-state index contributed by atoms with van der Waals surface area (Å²) in [7, 11) is 0. The Kier molecular flexibility index (Phi) is 6.95. The van der Waals surface area contributed by atoms with E-state index in [1.165, 1.54) is 5.38 Å². The molecule has 1 unspecified atom stereocenters. The fourth-order valence-corrected chi connectivity index (χ4v) is 2.01. The van der Waals surface area contributed by atoms with Gasteiger partial charge in [-0.1, -0.05) is 34.8 Å². The molecule has 21 heavy (non-hydrogen) atoms. The van der Waals surface area contributed by atoms with Crippen molar-refractivity contribution in [3.8, 4) is 0 Å².